The van der Waals surface area contributed by atoms with Gasteiger partial charge in [-0.25, -0.2) is 0 Å². The number of hydrogen-bond donors (Lipinski definition) is 3. The van der Waals surface area contributed by atoms with Crippen LogP contribution in [0.5, 0.6) is 0 Å². The Morgan fingerprint density at radius 1 is 1.44 bits per heavy atom. The van der Waals surface area contributed by atoms with Gasteiger partial charge in [0, 0.05) is 4.70 Å². The molecule has 0 aliphatic heterocycles. The van der Waals surface area contributed by atoms with Gasteiger partial charge in [-0.15, -0.1) is 11.3 Å². The third kappa shape index (κ3) is 2.15. The van der Waals surface area contributed by atoms with Gasteiger partial charge in [-0.3, -0.25) is 4.79 Å². The van der Waals surface area contributed by atoms with Crippen molar-refractivity contribution in [2.75, 3.05) is 5.73 Å². The molecule has 0 saturated heterocycles. The van der Waals surface area contributed by atoms with Crippen LogP contribution in [0.4, 0.5) is 5.00 Å². The fourth-order valence-electron chi connectivity index (χ4n) is 1.58. The quantitative estimate of drug-likeness (QED) is 0.752. The van der Waals surface area contributed by atoms with Crippen molar-refractivity contribution in [2.24, 2.45) is 5.73 Å². The molecule has 1 aromatic carbocycles. The lowest BCUT2D eigenvalue weighted by atomic mass is 10.1. The van der Waals surface area contributed by atoms with E-state index < -0.39 is 12.0 Å². The second-order valence-electron chi connectivity index (χ2n) is 3.67. The van der Waals surface area contributed by atoms with Crippen LogP contribution in [0.3, 0.4) is 0 Å². The first-order valence-electron chi connectivity index (χ1n) is 4.82. The summed E-state index contributed by atoms with van der Waals surface area (Å²) < 4.78 is 1.10. The van der Waals surface area contributed by atoms with E-state index in [-0.39, 0.29) is 0 Å². The zero-order valence-corrected chi connectivity index (χ0v) is 9.33. The lowest BCUT2D eigenvalue weighted by Gasteiger charge is -2.05. The summed E-state index contributed by atoms with van der Waals surface area (Å²) in [6.45, 7) is 0. The second kappa shape index (κ2) is 4.11. The molecule has 0 unspecified atom stereocenters. The summed E-state index contributed by atoms with van der Waals surface area (Å²) in [5.74, 6) is -0.982. The lowest BCUT2D eigenvalue weighted by Crippen LogP contribution is -2.32. The van der Waals surface area contributed by atoms with Gasteiger partial charge in [0.2, 0.25) is 0 Å². The van der Waals surface area contributed by atoms with Crippen LogP contribution >= 0.6 is 11.3 Å². The smallest absolute Gasteiger partial charge is 0.320 e. The molecule has 1 heterocycles. The molecular formula is C11H12N2O2S. The highest BCUT2D eigenvalue weighted by atomic mass is 32.1. The number of rotatable bonds is 3. The van der Waals surface area contributed by atoms with Gasteiger partial charge in [-0.05, 0) is 29.5 Å². The van der Waals surface area contributed by atoms with E-state index in [1.807, 2.05) is 24.3 Å². The van der Waals surface area contributed by atoms with E-state index in [1.165, 1.54) is 11.3 Å². The number of fused-ring (bicyclic) bond motifs is 1. The van der Waals surface area contributed by atoms with E-state index >= 15 is 0 Å². The molecule has 0 amide bonds. The number of hydrogen-bond acceptors (Lipinski definition) is 4. The van der Waals surface area contributed by atoms with Gasteiger partial charge in [-0.2, -0.15) is 0 Å². The Morgan fingerprint density at radius 2 is 2.19 bits per heavy atom. The van der Waals surface area contributed by atoms with E-state index in [1.54, 1.807) is 0 Å². The molecule has 2 rings (SSSR count). The normalized spacial score (nSPS) is 12.8. The summed E-state index contributed by atoms with van der Waals surface area (Å²) in [5.41, 5.74) is 12.1. The summed E-state index contributed by atoms with van der Waals surface area (Å²) in [6, 6.07) is 6.80. The summed E-state index contributed by atoms with van der Waals surface area (Å²) in [6.07, 6.45) is 0.334. The number of nitrogens with two attached hydrogens (primary N) is 2. The van der Waals surface area contributed by atoms with Gasteiger partial charge in [0.25, 0.3) is 0 Å². The molecule has 0 fully saturated rings. The average molecular weight is 236 g/mol. The number of carboxylic acids is 1. The van der Waals surface area contributed by atoms with Crippen LogP contribution in [0.15, 0.2) is 24.3 Å². The molecule has 84 valence electrons. The Bertz CT molecular complexity index is 536. The van der Waals surface area contributed by atoms with Crippen molar-refractivity contribution in [1.29, 1.82) is 0 Å². The van der Waals surface area contributed by atoms with E-state index in [4.69, 9.17) is 16.6 Å². The van der Waals surface area contributed by atoms with Gasteiger partial charge >= 0.3 is 5.97 Å². The van der Waals surface area contributed by atoms with Crippen LogP contribution in [0, 0.1) is 0 Å². The van der Waals surface area contributed by atoms with Crippen molar-refractivity contribution in [2.45, 2.75) is 12.5 Å². The van der Waals surface area contributed by atoms with Gasteiger partial charge in [-0.1, -0.05) is 12.1 Å². The minimum absolute atomic E-state index is 0.334. The number of nitrogen functional groups attached to an aromatic ring is 1. The third-order valence-electron chi connectivity index (χ3n) is 2.37. The van der Waals surface area contributed by atoms with Crippen molar-refractivity contribution in [3.05, 3.63) is 29.8 Å². The molecule has 0 bridgehead atoms. The molecule has 0 spiro atoms. The highest BCUT2D eigenvalue weighted by Crippen LogP contribution is 2.28. The SMILES string of the molecule is Nc1cc2cc(C[C@H](N)C(=O)O)ccc2s1. The van der Waals surface area contributed by atoms with E-state index in [0.29, 0.717) is 6.42 Å². The zero-order chi connectivity index (χ0) is 11.7. The Balaban J connectivity index is 2.28. The summed E-state index contributed by atoms with van der Waals surface area (Å²) in [4.78, 5) is 10.6. The first-order chi connectivity index (χ1) is 7.56. The number of carbonyl (C=O) groups is 1. The predicted octanol–water partition coefficient (Wildman–Crippen LogP) is 1.44. The maximum absolute atomic E-state index is 10.6. The number of thiophene rings is 1. The third-order valence-corrected chi connectivity index (χ3v) is 3.32. The molecular weight excluding hydrogens is 224 g/mol. The monoisotopic (exact) mass is 236 g/mol. The molecule has 1 aromatic heterocycles. The van der Waals surface area contributed by atoms with Gasteiger partial charge < -0.3 is 16.6 Å². The molecule has 4 nitrogen and oxygen atoms in total. The van der Waals surface area contributed by atoms with Gasteiger partial charge in [0.15, 0.2) is 0 Å². The van der Waals surface area contributed by atoms with Crippen molar-refractivity contribution in [1.82, 2.24) is 0 Å². The molecule has 0 aliphatic carbocycles. The zero-order valence-electron chi connectivity index (χ0n) is 8.51. The number of benzene rings is 1. The molecule has 2 aromatic rings. The van der Waals surface area contributed by atoms with E-state index in [0.717, 1.165) is 20.7 Å². The van der Waals surface area contributed by atoms with Crippen LogP contribution < -0.4 is 11.5 Å². The molecule has 5 heteroatoms. The molecule has 0 radical (unpaired) electrons. The highest BCUT2D eigenvalue weighted by molar-refractivity contribution is 7.22. The first kappa shape index (κ1) is 10.9. The van der Waals surface area contributed by atoms with E-state index in [2.05, 4.69) is 0 Å². The van der Waals surface area contributed by atoms with Crippen molar-refractivity contribution < 1.29 is 9.90 Å². The Morgan fingerprint density at radius 3 is 2.88 bits per heavy atom. The van der Waals surface area contributed by atoms with Crippen LogP contribution in [0.25, 0.3) is 10.1 Å². The van der Waals surface area contributed by atoms with Gasteiger partial charge in [0.05, 0.1) is 5.00 Å². The largest absolute Gasteiger partial charge is 0.480 e. The topological polar surface area (TPSA) is 89.3 Å². The maximum atomic E-state index is 10.6. The van der Waals surface area contributed by atoms with Crippen LogP contribution in [0.1, 0.15) is 5.56 Å². The minimum atomic E-state index is -0.982. The van der Waals surface area contributed by atoms with E-state index in [9.17, 15) is 4.79 Å². The Hall–Kier alpha value is -1.59. The summed E-state index contributed by atoms with van der Waals surface area (Å²) >= 11 is 1.52. The van der Waals surface area contributed by atoms with Crippen molar-refractivity contribution in [3.63, 3.8) is 0 Å². The minimum Gasteiger partial charge on any atom is -0.480 e. The molecule has 1 atom stereocenters. The first-order valence-corrected chi connectivity index (χ1v) is 5.64. The standard InChI is InChI=1S/C11H12N2O2S/c12-8(11(14)15)4-6-1-2-9-7(3-6)5-10(13)16-9/h1-3,5,8H,4,12-13H2,(H,14,15)/t8-/m0/s1. The molecule has 0 aliphatic rings. The van der Waals surface area contributed by atoms with Gasteiger partial charge in [0.1, 0.15) is 6.04 Å². The predicted molar refractivity (Wildman–Crippen MR) is 65.6 cm³/mol. The molecule has 5 N–H and O–H groups in total. The fourth-order valence-corrected chi connectivity index (χ4v) is 2.39. The second-order valence-corrected chi connectivity index (χ2v) is 4.79. The average Bonchev–Trinajstić information content (AvgIpc) is 2.57. The highest BCUT2D eigenvalue weighted by Gasteiger charge is 2.12. The summed E-state index contributed by atoms with van der Waals surface area (Å²) in [7, 11) is 0. The number of aliphatic carboxylic acids is 1. The van der Waals surface area contributed by atoms with Crippen LogP contribution in [-0.2, 0) is 11.2 Å². The lowest BCUT2D eigenvalue weighted by molar-refractivity contribution is -0.138. The van der Waals surface area contributed by atoms with Crippen LogP contribution in [-0.4, -0.2) is 17.1 Å². The Kier molecular flexibility index (Phi) is 2.80. The van der Waals surface area contributed by atoms with Crippen LogP contribution in [0.2, 0.25) is 0 Å². The van der Waals surface area contributed by atoms with Crippen molar-refractivity contribution >= 4 is 32.4 Å². The number of carboxylic acid groups (broad SMARTS) is 1. The van der Waals surface area contributed by atoms with Crippen molar-refractivity contribution in [3.8, 4) is 0 Å². The Labute approximate surface area is 96.5 Å². The summed E-state index contributed by atoms with van der Waals surface area (Å²) in [5, 5.41) is 10.5. The fraction of sp³-hybridized carbons (Fsp3) is 0.182. The molecule has 16 heavy (non-hydrogen) atoms. The maximum Gasteiger partial charge on any atom is 0.320 e. The molecule has 0 saturated carbocycles. The number of anilines is 1.